The maximum atomic E-state index is 5.49. The van der Waals surface area contributed by atoms with Crippen LogP contribution in [-0.2, 0) is 4.74 Å². The van der Waals surface area contributed by atoms with E-state index in [2.05, 4.69) is 22.0 Å². The highest BCUT2D eigenvalue weighted by Crippen LogP contribution is 2.19. The zero-order chi connectivity index (χ0) is 14.5. The number of nitrogens with one attached hydrogen (secondary N) is 1. The molecule has 1 saturated carbocycles. The summed E-state index contributed by atoms with van der Waals surface area (Å²) in [6.07, 6.45) is 5.23. The van der Waals surface area contributed by atoms with Gasteiger partial charge in [-0.3, -0.25) is 9.89 Å². The second kappa shape index (κ2) is 9.27. The van der Waals surface area contributed by atoms with Gasteiger partial charge in [0.05, 0.1) is 6.61 Å². The summed E-state index contributed by atoms with van der Waals surface area (Å²) in [7, 11) is 0. The van der Waals surface area contributed by atoms with E-state index in [1.165, 1.54) is 32.2 Å². The van der Waals surface area contributed by atoms with E-state index < -0.39 is 0 Å². The summed E-state index contributed by atoms with van der Waals surface area (Å²) in [5, 5.41) is 3.65. The van der Waals surface area contributed by atoms with Gasteiger partial charge in [0.15, 0.2) is 5.96 Å². The third kappa shape index (κ3) is 4.96. The minimum atomic E-state index is 0. The molecule has 1 unspecified atom stereocenters. The van der Waals surface area contributed by atoms with Crippen LogP contribution in [0.4, 0.5) is 0 Å². The predicted molar refractivity (Wildman–Crippen MR) is 101 cm³/mol. The summed E-state index contributed by atoms with van der Waals surface area (Å²) < 4.78 is 5.49. The van der Waals surface area contributed by atoms with E-state index in [9.17, 15) is 0 Å². The molecule has 2 saturated heterocycles. The number of rotatable bonds is 4. The largest absolute Gasteiger partial charge is 0.381 e. The first-order chi connectivity index (χ1) is 10.3. The molecule has 0 bridgehead atoms. The maximum absolute atomic E-state index is 5.49. The van der Waals surface area contributed by atoms with Crippen molar-refractivity contribution in [3.63, 3.8) is 0 Å². The van der Waals surface area contributed by atoms with E-state index in [4.69, 9.17) is 9.73 Å². The summed E-state index contributed by atoms with van der Waals surface area (Å²) in [5.74, 6) is 1.90. The van der Waals surface area contributed by atoms with Gasteiger partial charge in [-0.15, -0.1) is 24.0 Å². The SMILES string of the molecule is CCN=C(NC1CCC1)N1CCN(CC2CCOC2)CC1.I. The lowest BCUT2D eigenvalue weighted by atomic mass is 9.93. The first-order valence-electron chi connectivity index (χ1n) is 8.71. The Labute approximate surface area is 151 Å². The number of hydrogen-bond acceptors (Lipinski definition) is 3. The molecule has 0 radical (unpaired) electrons. The fourth-order valence-corrected chi connectivity index (χ4v) is 3.36. The van der Waals surface area contributed by atoms with Crippen LogP contribution in [0.5, 0.6) is 0 Å². The van der Waals surface area contributed by atoms with Gasteiger partial charge in [0, 0.05) is 51.9 Å². The van der Waals surface area contributed by atoms with E-state index in [0.717, 1.165) is 57.8 Å². The summed E-state index contributed by atoms with van der Waals surface area (Å²) in [5.41, 5.74) is 0. The van der Waals surface area contributed by atoms with Crippen LogP contribution in [0.25, 0.3) is 0 Å². The number of nitrogens with zero attached hydrogens (tertiary/aromatic N) is 3. The molecule has 1 aliphatic carbocycles. The Morgan fingerprint density at radius 1 is 1.18 bits per heavy atom. The molecule has 5 nitrogen and oxygen atoms in total. The number of piperazine rings is 1. The Bertz CT molecular complexity index is 348. The first-order valence-corrected chi connectivity index (χ1v) is 8.71. The minimum absolute atomic E-state index is 0. The minimum Gasteiger partial charge on any atom is -0.381 e. The van der Waals surface area contributed by atoms with Crippen LogP contribution in [0.15, 0.2) is 4.99 Å². The molecule has 3 fully saturated rings. The number of guanidine groups is 1. The average Bonchev–Trinajstić information content (AvgIpc) is 2.95. The molecule has 2 aliphatic heterocycles. The van der Waals surface area contributed by atoms with Crippen molar-refractivity contribution in [1.29, 1.82) is 0 Å². The maximum Gasteiger partial charge on any atom is 0.194 e. The van der Waals surface area contributed by atoms with Gasteiger partial charge in [-0.1, -0.05) is 0 Å². The topological polar surface area (TPSA) is 40.1 Å². The lowest BCUT2D eigenvalue weighted by Crippen LogP contribution is -2.55. The monoisotopic (exact) mass is 422 g/mol. The van der Waals surface area contributed by atoms with E-state index in [1.54, 1.807) is 0 Å². The molecule has 0 aromatic heterocycles. The molecule has 1 N–H and O–H groups in total. The molecule has 1 atom stereocenters. The summed E-state index contributed by atoms with van der Waals surface area (Å²) in [6.45, 7) is 10.7. The summed E-state index contributed by atoms with van der Waals surface area (Å²) in [4.78, 5) is 9.74. The van der Waals surface area contributed by atoms with E-state index in [0.29, 0.717) is 6.04 Å². The zero-order valence-electron chi connectivity index (χ0n) is 13.8. The van der Waals surface area contributed by atoms with E-state index >= 15 is 0 Å². The van der Waals surface area contributed by atoms with Crippen molar-refractivity contribution in [3.8, 4) is 0 Å². The van der Waals surface area contributed by atoms with Crippen molar-refractivity contribution in [3.05, 3.63) is 0 Å². The number of aliphatic imine (C=N–C) groups is 1. The Hall–Kier alpha value is -0.0800. The Morgan fingerprint density at radius 2 is 1.95 bits per heavy atom. The van der Waals surface area contributed by atoms with Crippen LogP contribution in [0, 0.1) is 5.92 Å². The van der Waals surface area contributed by atoms with Gasteiger partial charge < -0.3 is 15.0 Å². The van der Waals surface area contributed by atoms with Crippen LogP contribution in [0.1, 0.15) is 32.6 Å². The molecular weight excluding hydrogens is 391 g/mol. The quantitative estimate of drug-likeness (QED) is 0.426. The number of hydrogen-bond donors (Lipinski definition) is 1. The molecule has 0 aromatic carbocycles. The van der Waals surface area contributed by atoms with Gasteiger partial charge in [0.1, 0.15) is 0 Å². The standard InChI is InChI=1S/C16H30N4O.HI/c1-2-17-16(18-15-4-3-5-15)20-9-7-19(8-10-20)12-14-6-11-21-13-14;/h14-15H,2-13H2,1H3,(H,17,18);1H. The van der Waals surface area contributed by atoms with Gasteiger partial charge in [-0.2, -0.15) is 0 Å². The molecule has 6 heteroatoms. The molecule has 0 aromatic rings. The highest BCUT2D eigenvalue weighted by molar-refractivity contribution is 14.0. The third-order valence-corrected chi connectivity index (χ3v) is 4.96. The van der Waals surface area contributed by atoms with E-state index in [1.807, 2.05) is 0 Å². The molecule has 128 valence electrons. The van der Waals surface area contributed by atoms with Gasteiger partial charge in [-0.25, -0.2) is 0 Å². The first kappa shape index (κ1) is 18.3. The van der Waals surface area contributed by atoms with Crippen LogP contribution < -0.4 is 5.32 Å². The highest BCUT2D eigenvalue weighted by atomic mass is 127. The Kier molecular flexibility index (Phi) is 7.70. The van der Waals surface area contributed by atoms with Gasteiger partial charge >= 0.3 is 0 Å². The van der Waals surface area contributed by atoms with Crippen LogP contribution in [0.3, 0.4) is 0 Å². The van der Waals surface area contributed by atoms with Crippen molar-refractivity contribution in [2.24, 2.45) is 10.9 Å². The zero-order valence-corrected chi connectivity index (χ0v) is 16.1. The highest BCUT2D eigenvalue weighted by Gasteiger charge is 2.26. The fourth-order valence-electron chi connectivity index (χ4n) is 3.36. The van der Waals surface area contributed by atoms with Crippen molar-refractivity contribution in [2.75, 3.05) is 52.5 Å². The van der Waals surface area contributed by atoms with E-state index in [-0.39, 0.29) is 24.0 Å². The molecule has 2 heterocycles. The summed E-state index contributed by atoms with van der Waals surface area (Å²) >= 11 is 0. The van der Waals surface area contributed by atoms with Crippen molar-refractivity contribution in [1.82, 2.24) is 15.1 Å². The molecular formula is C16H31IN4O. The Morgan fingerprint density at radius 3 is 2.50 bits per heavy atom. The van der Waals surface area contributed by atoms with Gasteiger partial charge in [-0.05, 0) is 38.5 Å². The second-order valence-electron chi connectivity index (χ2n) is 6.59. The lowest BCUT2D eigenvalue weighted by molar-refractivity contribution is 0.138. The molecule has 3 aliphatic rings. The van der Waals surface area contributed by atoms with Gasteiger partial charge in [0.2, 0.25) is 0 Å². The van der Waals surface area contributed by atoms with Crippen molar-refractivity contribution >= 4 is 29.9 Å². The van der Waals surface area contributed by atoms with Crippen LogP contribution in [0.2, 0.25) is 0 Å². The lowest BCUT2D eigenvalue weighted by Gasteiger charge is -2.39. The second-order valence-corrected chi connectivity index (χ2v) is 6.59. The van der Waals surface area contributed by atoms with Crippen LogP contribution in [-0.4, -0.2) is 74.3 Å². The molecule has 22 heavy (non-hydrogen) atoms. The average molecular weight is 422 g/mol. The Balaban J connectivity index is 0.00000176. The number of halogens is 1. The van der Waals surface area contributed by atoms with Gasteiger partial charge in [0.25, 0.3) is 0 Å². The predicted octanol–water partition coefficient (Wildman–Crippen LogP) is 1.78. The molecule has 0 spiro atoms. The fraction of sp³-hybridized carbons (Fsp3) is 0.938. The normalized spacial score (nSPS) is 27.4. The third-order valence-electron chi connectivity index (χ3n) is 4.96. The van der Waals surface area contributed by atoms with Crippen molar-refractivity contribution in [2.45, 2.75) is 38.6 Å². The number of ether oxygens (including phenoxy) is 1. The van der Waals surface area contributed by atoms with Crippen molar-refractivity contribution < 1.29 is 4.74 Å². The molecule has 0 amide bonds. The molecule has 3 rings (SSSR count). The van der Waals surface area contributed by atoms with Crippen LogP contribution >= 0.6 is 24.0 Å². The smallest absolute Gasteiger partial charge is 0.194 e. The summed E-state index contributed by atoms with van der Waals surface area (Å²) in [6, 6.07) is 0.670.